The van der Waals surface area contributed by atoms with Crippen molar-refractivity contribution in [3.63, 3.8) is 0 Å². The number of nitrogens with zero attached hydrogens (tertiary/aromatic N) is 4. The molecule has 1 aromatic heterocycles. The van der Waals surface area contributed by atoms with Crippen molar-refractivity contribution in [2.45, 2.75) is 59.3 Å². The third-order valence-corrected chi connectivity index (χ3v) is 9.63. The second-order valence-corrected chi connectivity index (χ2v) is 11.0. The van der Waals surface area contributed by atoms with Crippen molar-refractivity contribution >= 4 is 11.3 Å². The van der Waals surface area contributed by atoms with Crippen molar-refractivity contribution in [2.24, 2.45) is 39.6 Å². The number of rotatable bonds is 4. The summed E-state index contributed by atoms with van der Waals surface area (Å²) < 4.78 is 0. The van der Waals surface area contributed by atoms with E-state index in [4.69, 9.17) is 10.5 Å². The molecule has 1 aromatic rings. The van der Waals surface area contributed by atoms with Crippen LogP contribution >= 0.6 is 11.3 Å². The Labute approximate surface area is 171 Å². The van der Waals surface area contributed by atoms with Gasteiger partial charge < -0.3 is 5.11 Å². The van der Waals surface area contributed by atoms with Gasteiger partial charge in [0.25, 0.3) is 0 Å². The van der Waals surface area contributed by atoms with Crippen LogP contribution in [0, 0.1) is 41.4 Å². The molecule has 152 valence electrons. The predicted molar refractivity (Wildman–Crippen MR) is 113 cm³/mol. The van der Waals surface area contributed by atoms with E-state index in [1.165, 1.54) is 16.1 Å². The van der Waals surface area contributed by atoms with Gasteiger partial charge in [-0.2, -0.15) is 0 Å². The van der Waals surface area contributed by atoms with Gasteiger partial charge in [0.15, 0.2) is 0 Å². The van der Waals surface area contributed by atoms with E-state index < -0.39 is 0 Å². The summed E-state index contributed by atoms with van der Waals surface area (Å²) in [7, 11) is 0. The van der Waals surface area contributed by atoms with E-state index in [0.717, 1.165) is 43.5 Å². The lowest BCUT2D eigenvalue weighted by Crippen LogP contribution is -2.52. The lowest BCUT2D eigenvalue weighted by atomic mass is 9.50. The van der Waals surface area contributed by atoms with Crippen LogP contribution in [-0.2, 0) is 12.8 Å². The van der Waals surface area contributed by atoms with Gasteiger partial charge in [0.05, 0.1) is 10.7 Å². The number of allylic oxidation sites excluding steroid dienone is 1. The molecule has 0 radical (unpaired) electrons. The standard InChI is InChI=1S/C22H32N4OS/c1-13-5-6-17-16(11-24-26-23)18(7-8-21(13,17)3)22(4)10-20-19(9-15(22)12-27)25-14(2)28-20/h15-18,27H,1,5-12H2,2-4H3/t15-,16+,17+,18+,21-,22+/m1/s1. The van der Waals surface area contributed by atoms with Gasteiger partial charge in [-0.25, -0.2) is 4.98 Å². The SMILES string of the molecule is C=C1CC[C@H]2[C@H](CN=[N+]=[N-])[C@@H]([C@@]3(C)Cc4sc(C)nc4C[C@@H]3CO)CC[C@]12C. The topological polar surface area (TPSA) is 81.9 Å². The van der Waals surface area contributed by atoms with Crippen molar-refractivity contribution in [1.82, 2.24) is 4.98 Å². The number of aliphatic hydroxyl groups is 1. The smallest absolute Gasteiger partial charge is 0.0900 e. The first-order chi connectivity index (χ1) is 13.3. The van der Waals surface area contributed by atoms with Gasteiger partial charge in [0.1, 0.15) is 0 Å². The molecule has 4 rings (SSSR count). The number of hydrogen-bond acceptors (Lipinski definition) is 4. The molecule has 2 saturated carbocycles. The number of hydrogen-bond donors (Lipinski definition) is 1. The first-order valence-electron chi connectivity index (χ1n) is 10.6. The highest BCUT2D eigenvalue weighted by Crippen LogP contribution is 2.63. The second kappa shape index (κ2) is 7.16. The van der Waals surface area contributed by atoms with Gasteiger partial charge in [0.2, 0.25) is 0 Å². The van der Waals surface area contributed by atoms with Crippen molar-refractivity contribution in [1.29, 1.82) is 0 Å². The summed E-state index contributed by atoms with van der Waals surface area (Å²) in [5.41, 5.74) is 11.8. The van der Waals surface area contributed by atoms with Gasteiger partial charge in [-0.3, -0.25) is 0 Å². The highest BCUT2D eigenvalue weighted by molar-refractivity contribution is 7.11. The maximum Gasteiger partial charge on any atom is 0.0900 e. The molecule has 0 aromatic carbocycles. The fourth-order valence-corrected chi connectivity index (χ4v) is 8.01. The molecule has 3 aliphatic rings. The summed E-state index contributed by atoms with van der Waals surface area (Å²) in [6.07, 6.45) is 6.39. The molecule has 0 unspecified atom stereocenters. The second-order valence-electron chi connectivity index (χ2n) is 9.76. The fraction of sp³-hybridized carbons (Fsp3) is 0.773. The van der Waals surface area contributed by atoms with Crippen LogP contribution < -0.4 is 0 Å². The molecule has 0 aliphatic heterocycles. The number of thiazole rings is 1. The number of aliphatic hydroxyl groups excluding tert-OH is 1. The van der Waals surface area contributed by atoms with Gasteiger partial charge in [-0.05, 0) is 85.5 Å². The Bertz CT molecular complexity index is 829. The van der Waals surface area contributed by atoms with Crippen molar-refractivity contribution in [2.75, 3.05) is 13.2 Å². The number of aryl methyl sites for hydroxylation is 1. The average Bonchev–Trinajstić information content (AvgIpc) is 3.16. The van der Waals surface area contributed by atoms with Crippen LogP contribution in [0.2, 0.25) is 0 Å². The van der Waals surface area contributed by atoms with Crippen LogP contribution in [0.15, 0.2) is 17.3 Å². The Morgan fingerprint density at radius 3 is 2.86 bits per heavy atom. The molecule has 0 saturated heterocycles. The summed E-state index contributed by atoms with van der Waals surface area (Å²) in [5, 5.41) is 15.5. The summed E-state index contributed by atoms with van der Waals surface area (Å²) in [5.74, 6) is 1.57. The molecule has 6 heteroatoms. The lowest BCUT2D eigenvalue weighted by molar-refractivity contribution is -0.0530. The highest BCUT2D eigenvalue weighted by Gasteiger charge is 2.56. The zero-order chi connectivity index (χ0) is 20.1. The molecule has 1 N–H and O–H groups in total. The third-order valence-electron chi connectivity index (χ3n) is 8.61. The largest absolute Gasteiger partial charge is 0.396 e. The number of azide groups is 1. The van der Waals surface area contributed by atoms with Gasteiger partial charge in [0, 0.05) is 22.9 Å². The van der Waals surface area contributed by atoms with E-state index in [-0.39, 0.29) is 23.4 Å². The minimum absolute atomic E-state index is 0.0155. The monoisotopic (exact) mass is 400 g/mol. The Morgan fingerprint density at radius 1 is 1.36 bits per heavy atom. The first kappa shape index (κ1) is 19.9. The Balaban J connectivity index is 1.72. The van der Waals surface area contributed by atoms with E-state index in [1.807, 2.05) is 11.3 Å². The van der Waals surface area contributed by atoms with Crippen LogP contribution in [0.25, 0.3) is 10.4 Å². The molecule has 2 fully saturated rings. The third kappa shape index (κ3) is 2.92. The zero-order valence-corrected chi connectivity index (χ0v) is 18.1. The zero-order valence-electron chi connectivity index (χ0n) is 17.3. The molecule has 0 bridgehead atoms. The first-order valence-corrected chi connectivity index (χ1v) is 11.4. The Morgan fingerprint density at radius 2 is 2.14 bits per heavy atom. The van der Waals surface area contributed by atoms with E-state index in [1.54, 1.807) is 0 Å². The molecule has 5 nitrogen and oxygen atoms in total. The molecular weight excluding hydrogens is 368 g/mol. The summed E-state index contributed by atoms with van der Waals surface area (Å²) in [6, 6.07) is 0. The predicted octanol–water partition coefficient (Wildman–Crippen LogP) is 5.47. The van der Waals surface area contributed by atoms with Gasteiger partial charge in [-0.1, -0.05) is 31.1 Å². The minimum Gasteiger partial charge on any atom is -0.396 e. The van der Waals surface area contributed by atoms with E-state index >= 15 is 0 Å². The minimum atomic E-state index is 0.0155. The maximum atomic E-state index is 10.3. The van der Waals surface area contributed by atoms with Crippen LogP contribution in [-0.4, -0.2) is 23.2 Å². The van der Waals surface area contributed by atoms with Gasteiger partial charge >= 0.3 is 0 Å². The quantitative estimate of drug-likeness (QED) is 0.314. The average molecular weight is 401 g/mol. The molecule has 0 spiro atoms. The van der Waals surface area contributed by atoms with Crippen LogP contribution in [0.3, 0.4) is 0 Å². The fourth-order valence-electron chi connectivity index (χ4n) is 6.87. The molecule has 6 atom stereocenters. The van der Waals surface area contributed by atoms with Crippen molar-refractivity contribution in [3.8, 4) is 0 Å². The van der Waals surface area contributed by atoms with Crippen molar-refractivity contribution < 1.29 is 5.11 Å². The summed E-state index contributed by atoms with van der Waals surface area (Å²) in [4.78, 5) is 9.24. The highest BCUT2D eigenvalue weighted by atomic mass is 32.1. The normalized spacial score (nSPS) is 39.9. The lowest BCUT2D eigenvalue weighted by Gasteiger charge is -2.55. The van der Waals surface area contributed by atoms with Crippen LogP contribution in [0.1, 0.15) is 55.1 Å². The summed E-state index contributed by atoms with van der Waals surface area (Å²) >= 11 is 1.82. The van der Waals surface area contributed by atoms with Crippen LogP contribution in [0.4, 0.5) is 0 Å². The van der Waals surface area contributed by atoms with E-state index in [9.17, 15) is 5.11 Å². The molecule has 1 heterocycles. The maximum absolute atomic E-state index is 10.3. The molecule has 0 amide bonds. The molecular formula is C22H32N4OS. The Kier molecular flexibility index (Phi) is 5.09. The van der Waals surface area contributed by atoms with E-state index in [0.29, 0.717) is 24.3 Å². The van der Waals surface area contributed by atoms with E-state index in [2.05, 4.69) is 37.4 Å². The number of fused-ring (bicyclic) bond motifs is 2. The Hall–Kier alpha value is -1.36. The van der Waals surface area contributed by atoms with Gasteiger partial charge in [-0.15, -0.1) is 11.3 Å². The molecule has 28 heavy (non-hydrogen) atoms. The van der Waals surface area contributed by atoms with Crippen molar-refractivity contribution in [3.05, 3.63) is 38.2 Å². The summed E-state index contributed by atoms with van der Waals surface area (Å²) in [6.45, 7) is 12.0. The molecule has 3 aliphatic carbocycles. The number of aromatic nitrogens is 1. The van der Waals surface area contributed by atoms with Crippen LogP contribution in [0.5, 0.6) is 0 Å².